The molecule has 1 amide bonds. The molecule has 0 radical (unpaired) electrons. The summed E-state index contributed by atoms with van der Waals surface area (Å²) in [6.45, 7) is 5.27. The molecule has 1 aliphatic heterocycles. The van der Waals surface area contributed by atoms with E-state index in [9.17, 15) is 14.7 Å². The molecule has 7 heteroatoms. The maximum Gasteiger partial charge on any atom is 0.308 e. The second-order valence-corrected chi connectivity index (χ2v) is 7.03. The van der Waals surface area contributed by atoms with E-state index in [1.165, 1.54) is 7.11 Å². The SMILES string of the molecule is COc1cc(C(=O)N2CCCC(C(=O)O)C2)cc(Cl)c1OCC(C)C. The lowest BCUT2D eigenvalue weighted by Gasteiger charge is -2.31. The first kappa shape index (κ1) is 19.4. The molecule has 0 aromatic heterocycles. The van der Waals surface area contributed by atoms with Crippen LogP contribution in [-0.4, -0.2) is 48.7 Å². The Labute approximate surface area is 152 Å². The summed E-state index contributed by atoms with van der Waals surface area (Å²) >= 11 is 6.29. The third kappa shape index (κ3) is 4.78. The van der Waals surface area contributed by atoms with Crippen molar-refractivity contribution in [2.45, 2.75) is 26.7 Å². The van der Waals surface area contributed by atoms with Crippen molar-refractivity contribution in [2.75, 3.05) is 26.8 Å². The molecule has 25 heavy (non-hydrogen) atoms. The van der Waals surface area contributed by atoms with Crippen LogP contribution in [0.25, 0.3) is 0 Å². The van der Waals surface area contributed by atoms with Crippen molar-refractivity contribution in [1.29, 1.82) is 0 Å². The molecule has 1 aliphatic rings. The van der Waals surface area contributed by atoms with E-state index in [2.05, 4.69) is 0 Å². The average molecular weight is 370 g/mol. The van der Waals surface area contributed by atoms with Gasteiger partial charge in [-0.05, 0) is 30.9 Å². The van der Waals surface area contributed by atoms with Crippen LogP contribution in [0.5, 0.6) is 11.5 Å². The molecule has 0 aliphatic carbocycles. The average Bonchev–Trinajstić information content (AvgIpc) is 2.59. The lowest BCUT2D eigenvalue weighted by Crippen LogP contribution is -2.42. The summed E-state index contributed by atoms with van der Waals surface area (Å²) in [5, 5.41) is 9.48. The molecule has 1 fully saturated rings. The molecule has 0 bridgehead atoms. The molecule has 1 unspecified atom stereocenters. The molecular formula is C18H24ClNO5. The molecule has 1 atom stereocenters. The first-order valence-electron chi connectivity index (χ1n) is 8.35. The molecule has 1 N–H and O–H groups in total. The van der Waals surface area contributed by atoms with Crippen LogP contribution in [-0.2, 0) is 4.79 Å². The maximum atomic E-state index is 12.7. The standard InChI is InChI=1S/C18H24ClNO5/c1-11(2)10-25-16-14(19)7-13(8-15(16)24-3)17(21)20-6-4-5-12(9-20)18(22)23/h7-8,11-12H,4-6,9-10H2,1-3H3,(H,22,23). The number of amides is 1. The number of ether oxygens (including phenoxy) is 2. The number of likely N-dealkylation sites (tertiary alicyclic amines) is 1. The fourth-order valence-electron chi connectivity index (χ4n) is 2.78. The second kappa shape index (κ2) is 8.43. The Morgan fingerprint density at radius 2 is 2.12 bits per heavy atom. The van der Waals surface area contributed by atoms with E-state index in [4.69, 9.17) is 21.1 Å². The van der Waals surface area contributed by atoms with Crippen LogP contribution in [0.1, 0.15) is 37.0 Å². The predicted octanol–water partition coefficient (Wildman–Crippen LogP) is 3.32. The fraction of sp³-hybridized carbons (Fsp3) is 0.556. The summed E-state index contributed by atoms with van der Waals surface area (Å²) in [5.74, 6) is -0.515. The van der Waals surface area contributed by atoms with E-state index >= 15 is 0 Å². The number of rotatable bonds is 6. The van der Waals surface area contributed by atoms with Gasteiger partial charge in [-0.2, -0.15) is 0 Å². The van der Waals surface area contributed by atoms with Crippen molar-refractivity contribution in [2.24, 2.45) is 11.8 Å². The summed E-state index contributed by atoms with van der Waals surface area (Å²) in [5.41, 5.74) is 0.366. The molecule has 138 valence electrons. The summed E-state index contributed by atoms with van der Waals surface area (Å²) < 4.78 is 11.0. The summed E-state index contributed by atoms with van der Waals surface area (Å²) in [6, 6.07) is 3.14. The van der Waals surface area contributed by atoms with Gasteiger partial charge in [0.05, 0.1) is 24.7 Å². The molecule has 1 heterocycles. The van der Waals surface area contributed by atoms with Gasteiger partial charge in [0.1, 0.15) is 0 Å². The van der Waals surface area contributed by atoms with Gasteiger partial charge in [-0.15, -0.1) is 0 Å². The van der Waals surface area contributed by atoms with Gasteiger partial charge in [-0.1, -0.05) is 25.4 Å². The number of benzene rings is 1. The number of aliphatic carboxylic acids is 1. The van der Waals surface area contributed by atoms with E-state index in [-0.39, 0.29) is 12.5 Å². The Hall–Kier alpha value is -1.95. The smallest absolute Gasteiger partial charge is 0.308 e. The number of carboxylic acid groups (broad SMARTS) is 1. The summed E-state index contributed by atoms with van der Waals surface area (Å²) in [6.07, 6.45) is 1.26. The molecule has 0 spiro atoms. The monoisotopic (exact) mass is 369 g/mol. The van der Waals surface area contributed by atoms with Gasteiger partial charge in [0.25, 0.3) is 5.91 Å². The van der Waals surface area contributed by atoms with Crippen LogP contribution in [0.3, 0.4) is 0 Å². The minimum atomic E-state index is -0.870. The third-order valence-electron chi connectivity index (χ3n) is 4.10. The van der Waals surface area contributed by atoms with Crippen molar-refractivity contribution >= 4 is 23.5 Å². The topological polar surface area (TPSA) is 76.1 Å². The Morgan fingerprint density at radius 1 is 1.40 bits per heavy atom. The van der Waals surface area contributed by atoms with Gasteiger partial charge in [0, 0.05) is 18.7 Å². The molecular weight excluding hydrogens is 346 g/mol. The normalized spacial score (nSPS) is 17.5. The predicted molar refractivity (Wildman–Crippen MR) is 94.6 cm³/mol. The van der Waals surface area contributed by atoms with Crippen molar-refractivity contribution in [3.05, 3.63) is 22.7 Å². The molecule has 6 nitrogen and oxygen atoms in total. The number of carbonyl (C=O) groups is 2. The van der Waals surface area contributed by atoms with Crippen LogP contribution in [0.4, 0.5) is 0 Å². The van der Waals surface area contributed by atoms with Gasteiger partial charge in [0.15, 0.2) is 11.5 Å². The minimum absolute atomic E-state index is 0.208. The van der Waals surface area contributed by atoms with Gasteiger partial charge in [-0.25, -0.2) is 0 Å². The van der Waals surface area contributed by atoms with Gasteiger partial charge < -0.3 is 19.5 Å². The number of carbonyl (C=O) groups excluding carboxylic acids is 1. The first-order valence-corrected chi connectivity index (χ1v) is 8.73. The minimum Gasteiger partial charge on any atom is -0.493 e. The van der Waals surface area contributed by atoms with Crippen molar-refractivity contribution in [1.82, 2.24) is 4.90 Å². The van der Waals surface area contributed by atoms with E-state index in [1.807, 2.05) is 13.8 Å². The maximum absolute atomic E-state index is 12.7. The van der Waals surface area contributed by atoms with E-state index < -0.39 is 11.9 Å². The van der Waals surface area contributed by atoms with Gasteiger partial charge in [0.2, 0.25) is 0 Å². The second-order valence-electron chi connectivity index (χ2n) is 6.62. The highest BCUT2D eigenvalue weighted by atomic mass is 35.5. The quantitative estimate of drug-likeness (QED) is 0.832. The third-order valence-corrected chi connectivity index (χ3v) is 4.38. The van der Waals surface area contributed by atoms with Gasteiger partial charge >= 0.3 is 5.97 Å². The van der Waals surface area contributed by atoms with E-state index in [1.54, 1.807) is 17.0 Å². The number of methoxy groups -OCH3 is 1. The number of nitrogens with zero attached hydrogens (tertiary/aromatic N) is 1. The van der Waals surface area contributed by atoms with Crippen LogP contribution < -0.4 is 9.47 Å². The Kier molecular flexibility index (Phi) is 6.53. The zero-order chi connectivity index (χ0) is 18.6. The highest BCUT2D eigenvalue weighted by molar-refractivity contribution is 6.32. The van der Waals surface area contributed by atoms with E-state index in [0.717, 1.165) is 0 Å². The number of hydrogen-bond acceptors (Lipinski definition) is 4. The van der Waals surface area contributed by atoms with Crippen LogP contribution in [0.2, 0.25) is 5.02 Å². The Bertz CT molecular complexity index is 647. The molecule has 2 rings (SSSR count). The molecule has 1 aromatic rings. The molecule has 0 saturated carbocycles. The Morgan fingerprint density at radius 3 is 2.72 bits per heavy atom. The number of piperidine rings is 1. The molecule has 1 saturated heterocycles. The van der Waals surface area contributed by atoms with Crippen LogP contribution in [0, 0.1) is 11.8 Å². The van der Waals surface area contributed by atoms with Crippen molar-refractivity contribution in [3.63, 3.8) is 0 Å². The highest BCUT2D eigenvalue weighted by Crippen LogP contribution is 2.37. The Balaban J connectivity index is 2.22. The zero-order valence-corrected chi connectivity index (χ0v) is 15.5. The summed E-state index contributed by atoms with van der Waals surface area (Å²) in [7, 11) is 1.49. The van der Waals surface area contributed by atoms with Crippen molar-refractivity contribution < 1.29 is 24.2 Å². The zero-order valence-electron chi connectivity index (χ0n) is 14.8. The largest absolute Gasteiger partial charge is 0.493 e. The first-order chi connectivity index (χ1) is 11.8. The fourth-order valence-corrected chi connectivity index (χ4v) is 3.04. The number of carboxylic acids is 1. The highest BCUT2D eigenvalue weighted by Gasteiger charge is 2.29. The van der Waals surface area contributed by atoms with Crippen LogP contribution >= 0.6 is 11.6 Å². The number of halogens is 1. The lowest BCUT2D eigenvalue weighted by atomic mass is 9.97. The molecule has 1 aromatic carbocycles. The summed E-state index contributed by atoms with van der Waals surface area (Å²) in [4.78, 5) is 25.5. The lowest BCUT2D eigenvalue weighted by molar-refractivity contribution is -0.143. The van der Waals surface area contributed by atoms with E-state index in [0.29, 0.717) is 54.0 Å². The van der Waals surface area contributed by atoms with Crippen molar-refractivity contribution in [3.8, 4) is 11.5 Å². The van der Waals surface area contributed by atoms with Crippen LogP contribution in [0.15, 0.2) is 12.1 Å². The number of hydrogen-bond donors (Lipinski definition) is 1. The van der Waals surface area contributed by atoms with Gasteiger partial charge in [-0.3, -0.25) is 9.59 Å².